The van der Waals surface area contributed by atoms with Gasteiger partial charge in [0.05, 0.1) is 35.1 Å². The number of methoxy groups -OCH3 is 1. The molecule has 11 nitrogen and oxygen atoms in total. The third kappa shape index (κ3) is 6.41. The van der Waals surface area contributed by atoms with Crippen molar-refractivity contribution >= 4 is 46.3 Å². The van der Waals surface area contributed by atoms with Gasteiger partial charge in [-0.1, -0.05) is 30.3 Å². The lowest BCUT2D eigenvalue weighted by molar-refractivity contribution is -0.384. The molecule has 0 unspecified atom stereocenters. The fourth-order valence-electron chi connectivity index (χ4n) is 3.66. The summed E-state index contributed by atoms with van der Waals surface area (Å²) < 4.78 is 10.9. The first-order chi connectivity index (χ1) is 18.8. The van der Waals surface area contributed by atoms with Crippen LogP contribution in [0, 0.1) is 21.4 Å². The first kappa shape index (κ1) is 26.9. The van der Waals surface area contributed by atoms with E-state index in [0.29, 0.717) is 16.7 Å². The summed E-state index contributed by atoms with van der Waals surface area (Å²) in [6.07, 6.45) is 1.54. The molecule has 1 fully saturated rings. The van der Waals surface area contributed by atoms with Crippen LogP contribution in [0.4, 0.5) is 16.2 Å². The molecule has 196 valence electrons. The van der Waals surface area contributed by atoms with E-state index >= 15 is 0 Å². The van der Waals surface area contributed by atoms with Crippen LogP contribution in [0.2, 0.25) is 0 Å². The maximum absolute atomic E-state index is 12.9. The molecule has 0 spiro atoms. The van der Waals surface area contributed by atoms with Gasteiger partial charge in [-0.3, -0.25) is 29.4 Å². The number of nitrogens with zero attached hydrogens (tertiary/aromatic N) is 3. The molecular weight excluding hydrogens is 524 g/mol. The van der Waals surface area contributed by atoms with Crippen molar-refractivity contribution in [1.82, 2.24) is 4.90 Å². The number of non-ortho nitro benzene ring substituents is 1. The fourth-order valence-corrected chi connectivity index (χ4v) is 4.49. The maximum Gasteiger partial charge on any atom is 0.293 e. The second kappa shape index (κ2) is 11.9. The fraction of sp³-hybridized carbons (Fsp3) is 0.111. The number of carbonyl (C=O) groups excluding carboxylic acids is 3. The lowest BCUT2D eigenvalue weighted by Crippen LogP contribution is -2.27. The summed E-state index contributed by atoms with van der Waals surface area (Å²) in [6, 6.07) is 19.1. The highest BCUT2D eigenvalue weighted by Gasteiger charge is 2.35. The Hall–Kier alpha value is -5.15. The van der Waals surface area contributed by atoms with Gasteiger partial charge in [-0.05, 0) is 53.2 Å². The minimum Gasteiger partial charge on any atom is -0.493 e. The van der Waals surface area contributed by atoms with Crippen molar-refractivity contribution in [1.29, 1.82) is 5.26 Å². The van der Waals surface area contributed by atoms with Gasteiger partial charge >= 0.3 is 0 Å². The Kier molecular flexibility index (Phi) is 8.23. The lowest BCUT2D eigenvalue weighted by atomic mass is 10.1. The molecule has 1 aliphatic heterocycles. The number of nitriles is 1. The van der Waals surface area contributed by atoms with Crippen LogP contribution in [-0.2, 0) is 16.1 Å². The summed E-state index contributed by atoms with van der Waals surface area (Å²) in [5.74, 6) is -0.470. The number of anilines is 1. The minimum absolute atomic E-state index is 0.0137. The molecule has 3 aromatic rings. The van der Waals surface area contributed by atoms with E-state index in [1.54, 1.807) is 48.5 Å². The molecule has 3 amide bonds. The third-order valence-corrected chi connectivity index (χ3v) is 6.43. The van der Waals surface area contributed by atoms with Gasteiger partial charge in [0.1, 0.15) is 0 Å². The average molecular weight is 545 g/mol. The van der Waals surface area contributed by atoms with Gasteiger partial charge in [0.2, 0.25) is 0 Å². The van der Waals surface area contributed by atoms with E-state index in [2.05, 4.69) is 11.4 Å². The van der Waals surface area contributed by atoms with E-state index < -0.39 is 22.0 Å². The van der Waals surface area contributed by atoms with E-state index in [-0.39, 0.29) is 40.9 Å². The van der Waals surface area contributed by atoms with Crippen molar-refractivity contribution < 1.29 is 28.8 Å². The zero-order valence-corrected chi connectivity index (χ0v) is 21.3. The first-order valence-electron chi connectivity index (χ1n) is 11.4. The maximum atomic E-state index is 12.9. The molecular formula is C27H20N4O7S. The molecule has 1 N–H and O–H groups in total. The van der Waals surface area contributed by atoms with E-state index in [1.165, 1.54) is 31.4 Å². The SMILES string of the molecule is COc1cc(/C=C2\SC(=O)N(Cc3ccccc3C#N)C2=O)ccc1OCC(=O)Nc1cccc([N+](=O)[O-])c1. The van der Waals surface area contributed by atoms with Crippen LogP contribution in [0.1, 0.15) is 16.7 Å². The van der Waals surface area contributed by atoms with Crippen LogP contribution >= 0.6 is 11.8 Å². The van der Waals surface area contributed by atoms with Crippen LogP contribution < -0.4 is 14.8 Å². The summed E-state index contributed by atoms with van der Waals surface area (Å²) in [5, 5.41) is 22.3. The van der Waals surface area contributed by atoms with Crippen LogP contribution in [0.25, 0.3) is 6.08 Å². The van der Waals surface area contributed by atoms with Gasteiger partial charge in [-0.25, -0.2) is 0 Å². The minimum atomic E-state index is -0.563. The third-order valence-electron chi connectivity index (χ3n) is 5.52. The van der Waals surface area contributed by atoms with E-state index in [0.717, 1.165) is 16.7 Å². The highest BCUT2D eigenvalue weighted by molar-refractivity contribution is 8.18. The molecule has 0 aromatic heterocycles. The molecule has 0 saturated carbocycles. The quantitative estimate of drug-likeness (QED) is 0.229. The molecule has 0 radical (unpaired) electrons. The van der Waals surface area contributed by atoms with Crippen LogP contribution in [0.15, 0.2) is 71.6 Å². The molecule has 4 rings (SSSR count). The van der Waals surface area contributed by atoms with E-state index in [4.69, 9.17) is 9.47 Å². The normalized spacial score (nSPS) is 13.7. The summed E-state index contributed by atoms with van der Waals surface area (Å²) in [4.78, 5) is 49.4. The predicted octanol–water partition coefficient (Wildman–Crippen LogP) is 4.73. The molecule has 3 aromatic carbocycles. The summed E-state index contributed by atoms with van der Waals surface area (Å²) in [6.45, 7) is -0.401. The standard InChI is InChI=1S/C27H20N4O7S/c1-37-23-11-17(9-10-22(23)38-16-25(32)29-20-7-4-8-21(13-20)31(35)36)12-24-26(33)30(27(34)39-24)15-19-6-3-2-5-18(19)14-28/h2-13H,15-16H2,1H3,(H,29,32)/b24-12-. The number of imide groups is 1. The Balaban J connectivity index is 1.42. The van der Waals surface area contributed by atoms with Gasteiger partial charge in [0, 0.05) is 17.8 Å². The van der Waals surface area contributed by atoms with Crippen molar-refractivity contribution in [3.8, 4) is 17.6 Å². The van der Waals surface area contributed by atoms with Gasteiger partial charge in [-0.2, -0.15) is 5.26 Å². The highest BCUT2D eigenvalue weighted by Crippen LogP contribution is 2.35. The second-order valence-electron chi connectivity index (χ2n) is 8.09. The monoisotopic (exact) mass is 544 g/mol. The Morgan fingerprint density at radius 1 is 1.13 bits per heavy atom. The molecule has 1 saturated heterocycles. The number of nitro groups is 1. The number of ether oxygens (including phenoxy) is 2. The summed E-state index contributed by atoms with van der Waals surface area (Å²) in [5.41, 5.74) is 1.62. The highest BCUT2D eigenvalue weighted by atomic mass is 32.2. The number of amides is 3. The number of rotatable bonds is 9. The molecule has 0 aliphatic carbocycles. The Morgan fingerprint density at radius 3 is 2.67 bits per heavy atom. The van der Waals surface area contributed by atoms with Crippen molar-refractivity contribution in [2.75, 3.05) is 19.0 Å². The average Bonchev–Trinajstić information content (AvgIpc) is 3.19. The zero-order valence-electron chi connectivity index (χ0n) is 20.5. The number of thioether (sulfide) groups is 1. The van der Waals surface area contributed by atoms with Crippen molar-refractivity contribution in [3.05, 3.63) is 98.4 Å². The first-order valence-corrected chi connectivity index (χ1v) is 12.2. The summed E-state index contributed by atoms with van der Waals surface area (Å²) in [7, 11) is 1.41. The number of hydrogen-bond donors (Lipinski definition) is 1. The molecule has 0 atom stereocenters. The van der Waals surface area contributed by atoms with Gasteiger partial charge in [-0.15, -0.1) is 0 Å². The second-order valence-corrected chi connectivity index (χ2v) is 9.08. The predicted molar refractivity (Wildman–Crippen MR) is 143 cm³/mol. The molecule has 0 bridgehead atoms. The van der Waals surface area contributed by atoms with Crippen molar-refractivity contribution in [2.45, 2.75) is 6.54 Å². The van der Waals surface area contributed by atoms with Gasteiger partial charge in [0.25, 0.3) is 22.7 Å². The van der Waals surface area contributed by atoms with E-state index in [9.17, 15) is 29.8 Å². The number of benzene rings is 3. The zero-order chi connectivity index (χ0) is 27.9. The largest absolute Gasteiger partial charge is 0.493 e. The Morgan fingerprint density at radius 2 is 1.92 bits per heavy atom. The van der Waals surface area contributed by atoms with Crippen molar-refractivity contribution in [2.24, 2.45) is 0 Å². The topological polar surface area (TPSA) is 152 Å². The van der Waals surface area contributed by atoms with Crippen molar-refractivity contribution in [3.63, 3.8) is 0 Å². The molecule has 1 heterocycles. The Labute approximate surface area is 226 Å². The molecule has 12 heteroatoms. The Bertz CT molecular complexity index is 1550. The summed E-state index contributed by atoms with van der Waals surface area (Å²) >= 11 is 0.793. The number of nitro benzene ring substituents is 1. The van der Waals surface area contributed by atoms with Gasteiger partial charge in [0.15, 0.2) is 18.1 Å². The number of carbonyl (C=O) groups is 3. The van der Waals surface area contributed by atoms with Crippen LogP contribution in [-0.4, -0.2) is 40.6 Å². The van der Waals surface area contributed by atoms with E-state index in [1.807, 2.05) is 0 Å². The smallest absolute Gasteiger partial charge is 0.293 e. The van der Waals surface area contributed by atoms with Crippen LogP contribution in [0.5, 0.6) is 11.5 Å². The number of nitrogens with one attached hydrogen (secondary N) is 1. The van der Waals surface area contributed by atoms with Crippen LogP contribution in [0.3, 0.4) is 0 Å². The number of hydrogen-bond acceptors (Lipinski definition) is 9. The lowest BCUT2D eigenvalue weighted by Gasteiger charge is -2.13. The molecule has 1 aliphatic rings. The molecule has 39 heavy (non-hydrogen) atoms. The van der Waals surface area contributed by atoms with Gasteiger partial charge < -0.3 is 14.8 Å².